The van der Waals surface area contributed by atoms with Crippen LogP contribution >= 0.6 is 10.7 Å². The first kappa shape index (κ1) is 13.6. The lowest BCUT2D eigenvalue weighted by atomic mass is 10.3. The molecule has 17 heavy (non-hydrogen) atoms. The van der Waals surface area contributed by atoms with E-state index in [0.717, 1.165) is 13.2 Å². The summed E-state index contributed by atoms with van der Waals surface area (Å²) < 4.78 is 51.8. The Morgan fingerprint density at radius 2 is 2.18 bits per heavy atom. The fourth-order valence-electron chi connectivity index (χ4n) is 1.10. The first-order valence-electron chi connectivity index (χ1n) is 4.03. The van der Waals surface area contributed by atoms with Crippen LogP contribution in [0.2, 0.25) is 0 Å². The van der Waals surface area contributed by atoms with Crippen molar-refractivity contribution in [1.29, 1.82) is 5.26 Å². The monoisotopic (exact) mass is 282 g/mol. The largest absolute Gasteiger partial charge is 0.495 e. The smallest absolute Gasteiger partial charge is 0.280 e. The second kappa shape index (κ2) is 4.81. The third-order valence-corrected chi connectivity index (χ3v) is 3.10. The average molecular weight is 283 g/mol. The van der Waals surface area contributed by atoms with Crippen LogP contribution in [0.3, 0.4) is 0 Å². The molecule has 9 heteroatoms. The van der Waals surface area contributed by atoms with Crippen molar-refractivity contribution >= 4 is 19.7 Å². The quantitative estimate of drug-likeness (QED) is 0.790. The molecular weight excluding hydrogens is 278 g/mol. The molecule has 0 aromatic carbocycles. The van der Waals surface area contributed by atoms with Gasteiger partial charge in [0.05, 0.1) is 7.11 Å². The minimum Gasteiger partial charge on any atom is -0.495 e. The van der Waals surface area contributed by atoms with Gasteiger partial charge in [-0.2, -0.15) is 5.26 Å². The number of methoxy groups -OCH3 is 1. The summed E-state index contributed by atoms with van der Waals surface area (Å²) in [4.78, 5) is 2.50. The van der Waals surface area contributed by atoms with Gasteiger partial charge in [-0.15, -0.1) is 0 Å². The molecule has 0 amide bonds. The Bertz CT molecular complexity index is 583. The molecule has 1 rings (SSSR count). The Hall–Kier alpha value is -1.46. The maximum absolute atomic E-state index is 12.4. The molecule has 0 N–H and O–H groups in total. The number of halogens is 3. The zero-order valence-electron chi connectivity index (χ0n) is 8.32. The lowest BCUT2D eigenvalue weighted by molar-refractivity contribution is 0.145. The van der Waals surface area contributed by atoms with Crippen LogP contribution in [0.25, 0.3) is 0 Å². The molecular formula is C8H5ClF2N2O3S. The molecule has 1 aromatic rings. The number of aromatic nitrogens is 1. The summed E-state index contributed by atoms with van der Waals surface area (Å²) in [6.45, 7) is 0. The van der Waals surface area contributed by atoms with Gasteiger partial charge < -0.3 is 4.74 Å². The van der Waals surface area contributed by atoms with E-state index in [4.69, 9.17) is 15.9 Å². The fraction of sp³-hybridized carbons (Fsp3) is 0.250. The molecule has 0 atom stereocenters. The highest BCUT2D eigenvalue weighted by molar-refractivity contribution is 8.13. The molecule has 0 aliphatic rings. The minimum atomic E-state index is -4.31. The highest BCUT2D eigenvalue weighted by atomic mass is 35.7. The van der Waals surface area contributed by atoms with Crippen LogP contribution in [-0.4, -0.2) is 20.5 Å². The summed E-state index contributed by atoms with van der Waals surface area (Å²) in [5, 5.41) is 8.67. The van der Waals surface area contributed by atoms with Gasteiger partial charge in [-0.25, -0.2) is 22.2 Å². The van der Waals surface area contributed by atoms with Gasteiger partial charge in [-0.05, 0) is 0 Å². The van der Waals surface area contributed by atoms with E-state index in [9.17, 15) is 17.2 Å². The van der Waals surface area contributed by atoms with E-state index in [0.29, 0.717) is 0 Å². The first-order valence-corrected chi connectivity index (χ1v) is 6.34. The van der Waals surface area contributed by atoms with Gasteiger partial charge in [0.15, 0.2) is 10.6 Å². The van der Waals surface area contributed by atoms with Crippen LogP contribution in [0.1, 0.15) is 17.8 Å². The number of ether oxygens (including phenoxy) is 1. The van der Waals surface area contributed by atoms with Gasteiger partial charge in [-0.3, -0.25) is 0 Å². The maximum Gasteiger partial charge on any atom is 0.280 e. The molecule has 0 fully saturated rings. The average Bonchev–Trinajstić information content (AvgIpc) is 2.25. The van der Waals surface area contributed by atoms with E-state index in [2.05, 4.69) is 9.72 Å². The number of nitrogens with zero attached hydrogens (tertiary/aromatic N) is 2. The van der Waals surface area contributed by atoms with Crippen LogP contribution in [0.5, 0.6) is 5.75 Å². The summed E-state index contributed by atoms with van der Waals surface area (Å²) in [5.74, 6) is -0.443. The van der Waals surface area contributed by atoms with E-state index < -0.39 is 37.5 Å². The van der Waals surface area contributed by atoms with Gasteiger partial charge in [-0.1, -0.05) is 0 Å². The summed E-state index contributed by atoms with van der Waals surface area (Å²) in [5.41, 5.74) is -1.49. The summed E-state index contributed by atoms with van der Waals surface area (Å²) in [7, 11) is 1.83. The Kier molecular flexibility index (Phi) is 3.85. The highest BCUT2D eigenvalue weighted by Crippen LogP contribution is 2.32. The Morgan fingerprint density at radius 3 is 2.53 bits per heavy atom. The van der Waals surface area contributed by atoms with Crippen molar-refractivity contribution in [2.45, 2.75) is 11.3 Å². The van der Waals surface area contributed by atoms with Crippen molar-refractivity contribution in [3.8, 4) is 11.8 Å². The number of pyridine rings is 1. The molecule has 5 nitrogen and oxygen atoms in total. The standard InChI is InChI=1S/C8H5ClF2N2O3S/c1-16-6-2-4(8(10)11)13-5(3-12)7(6)17(9,14)15/h2,8H,1H3. The predicted octanol–water partition coefficient (Wildman–Crippen LogP) is 1.83. The zero-order valence-corrected chi connectivity index (χ0v) is 9.89. The van der Waals surface area contributed by atoms with Crippen molar-refractivity contribution < 1.29 is 21.9 Å². The normalized spacial score (nSPS) is 11.3. The van der Waals surface area contributed by atoms with Crippen LogP contribution in [0, 0.1) is 11.3 Å². The van der Waals surface area contributed by atoms with Crippen LogP contribution < -0.4 is 4.74 Å². The van der Waals surface area contributed by atoms with Gasteiger partial charge in [0.25, 0.3) is 15.5 Å². The molecule has 0 aliphatic heterocycles. The second-order valence-corrected chi connectivity index (χ2v) is 5.28. The summed E-state index contributed by atoms with van der Waals surface area (Å²) in [6, 6.07) is 2.11. The van der Waals surface area contributed by atoms with E-state index in [1.165, 1.54) is 6.07 Å². The summed E-state index contributed by atoms with van der Waals surface area (Å²) in [6.07, 6.45) is -2.96. The lowest BCUT2D eigenvalue weighted by Gasteiger charge is -2.09. The molecule has 92 valence electrons. The minimum absolute atomic E-state index is 0.443. The molecule has 0 saturated heterocycles. The van der Waals surface area contributed by atoms with Gasteiger partial charge in [0.1, 0.15) is 17.5 Å². The zero-order chi connectivity index (χ0) is 13.2. The SMILES string of the molecule is COc1cc(C(F)F)nc(C#N)c1S(=O)(=O)Cl. The van der Waals surface area contributed by atoms with Gasteiger partial charge >= 0.3 is 0 Å². The van der Waals surface area contributed by atoms with E-state index in [-0.39, 0.29) is 0 Å². The number of hydrogen-bond donors (Lipinski definition) is 0. The van der Waals surface area contributed by atoms with Crippen molar-refractivity contribution in [2.24, 2.45) is 0 Å². The van der Waals surface area contributed by atoms with Crippen LogP contribution in [0.4, 0.5) is 8.78 Å². The molecule has 0 unspecified atom stereocenters. The molecule has 0 bridgehead atoms. The molecule has 0 saturated carbocycles. The van der Waals surface area contributed by atoms with Crippen molar-refractivity contribution in [3.05, 3.63) is 17.5 Å². The van der Waals surface area contributed by atoms with Crippen molar-refractivity contribution in [1.82, 2.24) is 4.98 Å². The molecule has 0 aliphatic carbocycles. The third kappa shape index (κ3) is 2.81. The molecule has 1 aromatic heterocycles. The third-order valence-electron chi connectivity index (χ3n) is 1.75. The number of hydrogen-bond acceptors (Lipinski definition) is 5. The lowest BCUT2D eigenvalue weighted by Crippen LogP contribution is -2.05. The van der Waals surface area contributed by atoms with Crippen molar-refractivity contribution in [2.75, 3.05) is 7.11 Å². The number of nitriles is 1. The number of rotatable bonds is 3. The molecule has 0 spiro atoms. The highest BCUT2D eigenvalue weighted by Gasteiger charge is 2.26. The first-order chi connectivity index (χ1) is 7.81. The Balaban J connectivity index is 3.67. The molecule has 1 heterocycles. The topological polar surface area (TPSA) is 80.0 Å². The van der Waals surface area contributed by atoms with Crippen LogP contribution in [-0.2, 0) is 9.05 Å². The summed E-state index contributed by atoms with van der Waals surface area (Å²) >= 11 is 0. The van der Waals surface area contributed by atoms with Gasteiger partial charge in [0.2, 0.25) is 0 Å². The van der Waals surface area contributed by atoms with E-state index >= 15 is 0 Å². The fourth-order valence-corrected chi connectivity index (χ4v) is 2.26. The van der Waals surface area contributed by atoms with Crippen LogP contribution in [0.15, 0.2) is 11.0 Å². The predicted molar refractivity (Wildman–Crippen MR) is 53.5 cm³/mol. The van der Waals surface area contributed by atoms with E-state index in [1.54, 1.807) is 0 Å². The second-order valence-electron chi connectivity index (χ2n) is 2.78. The Labute approximate surface area is 100 Å². The number of alkyl halides is 2. The Morgan fingerprint density at radius 1 is 1.59 bits per heavy atom. The van der Waals surface area contributed by atoms with E-state index in [1.807, 2.05) is 0 Å². The van der Waals surface area contributed by atoms with Gasteiger partial charge in [0, 0.05) is 16.7 Å². The maximum atomic E-state index is 12.4. The molecule has 0 radical (unpaired) electrons. The van der Waals surface area contributed by atoms with Crippen molar-refractivity contribution in [3.63, 3.8) is 0 Å².